The summed E-state index contributed by atoms with van der Waals surface area (Å²) in [6, 6.07) is 6.58. The predicted molar refractivity (Wildman–Crippen MR) is 96.4 cm³/mol. The van der Waals surface area contributed by atoms with Gasteiger partial charge in [-0.05, 0) is 12.0 Å². The molecule has 1 aromatic carbocycles. The molecule has 1 aromatic rings. The van der Waals surface area contributed by atoms with Gasteiger partial charge in [0.2, 0.25) is 0 Å². The van der Waals surface area contributed by atoms with E-state index in [4.69, 9.17) is 0 Å². The van der Waals surface area contributed by atoms with Crippen LogP contribution in [0.15, 0.2) is 24.3 Å². The largest absolute Gasteiger partial charge is 0.296 e. The van der Waals surface area contributed by atoms with Gasteiger partial charge in [0.25, 0.3) is 15.9 Å². The van der Waals surface area contributed by atoms with Gasteiger partial charge in [0.1, 0.15) is 0 Å². The topological polar surface area (TPSA) is 87.0 Å². The molecule has 0 saturated carbocycles. The fraction of sp³-hybridized carbons (Fsp3) is 0.625. The van der Waals surface area contributed by atoms with Gasteiger partial charge in [-0.2, -0.15) is 17.0 Å². The molecule has 8 nitrogen and oxygen atoms in total. The van der Waals surface area contributed by atoms with E-state index in [0.29, 0.717) is 39.3 Å². The first kappa shape index (κ1) is 19.8. The third kappa shape index (κ3) is 5.21. The Kier molecular flexibility index (Phi) is 6.88. The molecular formula is C16H26N4O4S. The molecule has 0 N–H and O–H groups in total. The molecule has 0 spiro atoms. The van der Waals surface area contributed by atoms with E-state index in [1.54, 1.807) is 19.2 Å². The average Bonchev–Trinajstić information content (AvgIpc) is 2.60. The quantitative estimate of drug-likeness (QED) is 0.513. The first-order valence-corrected chi connectivity index (χ1v) is 9.91. The van der Waals surface area contributed by atoms with Gasteiger partial charge < -0.3 is 0 Å². The van der Waals surface area contributed by atoms with E-state index in [0.717, 1.165) is 18.4 Å². The highest BCUT2D eigenvalue weighted by molar-refractivity contribution is 7.86. The second-order valence-corrected chi connectivity index (χ2v) is 8.32. The molecule has 9 heteroatoms. The van der Waals surface area contributed by atoms with Gasteiger partial charge in [-0.3, -0.25) is 15.0 Å². The van der Waals surface area contributed by atoms with E-state index in [-0.39, 0.29) is 5.69 Å². The van der Waals surface area contributed by atoms with Gasteiger partial charge in [0.05, 0.1) is 4.92 Å². The Hall–Kier alpha value is -1.55. The zero-order valence-corrected chi connectivity index (χ0v) is 15.6. The van der Waals surface area contributed by atoms with Crippen molar-refractivity contribution >= 4 is 15.9 Å². The molecule has 140 valence electrons. The highest BCUT2D eigenvalue weighted by atomic mass is 32.2. The van der Waals surface area contributed by atoms with Crippen molar-refractivity contribution in [3.05, 3.63) is 39.9 Å². The van der Waals surface area contributed by atoms with E-state index in [9.17, 15) is 18.5 Å². The van der Waals surface area contributed by atoms with Crippen LogP contribution in [-0.4, -0.2) is 66.6 Å². The number of unbranched alkanes of at least 4 members (excludes halogenated alkanes) is 1. The standard InChI is InChI=1S/C16H26N4O4S/c1-3-4-8-17(2)25(23,24)19-11-9-18(10-12-19)14-15-6-5-7-16(13-15)20(21)22/h5-7,13H,3-4,8-12,14H2,1-2H3. The smallest absolute Gasteiger partial charge is 0.281 e. The molecular weight excluding hydrogens is 344 g/mol. The molecule has 0 aliphatic carbocycles. The Morgan fingerprint density at radius 3 is 2.52 bits per heavy atom. The maximum atomic E-state index is 12.5. The Morgan fingerprint density at radius 1 is 1.24 bits per heavy atom. The van der Waals surface area contributed by atoms with Gasteiger partial charge in [0.15, 0.2) is 0 Å². The van der Waals surface area contributed by atoms with Crippen molar-refractivity contribution in [2.24, 2.45) is 0 Å². The Morgan fingerprint density at radius 2 is 1.92 bits per heavy atom. The Labute approximate surface area is 149 Å². The summed E-state index contributed by atoms with van der Waals surface area (Å²) in [5.41, 5.74) is 0.946. The minimum Gasteiger partial charge on any atom is -0.296 e. The van der Waals surface area contributed by atoms with E-state index in [1.165, 1.54) is 14.7 Å². The second-order valence-electron chi connectivity index (χ2n) is 6.29. The minimum absolute atomic E-state index is 0.0799. The molecule has 1 aliphatic heterocycles. The normalized spacial score (nSPS) is 17.1. The number of benzene rings is 1. The van der Waals surface area contributed by atoms with E-state index >= 15 is 0 Å². The number of hydrogen-bond donors (Lipinski definition) is 0. The van der Waals surface area contributed by atoms with Crippen LogP contribution < -0.4 is 0 Å². The number of nitrogens with zero attached hydrogens (tertiary/aromatic N) is 4. The SMILES string of the molecule is CCCCN(C)S(=O)(=O)N1CCN(Cc2cccc([N+](=O)[O-])c2)CC1. The molecule has 0 atom stereocenters. The predicted octanol–water partition coefficient (Wildman–Crippen LogP) is 1.69. The summed E-state index contributed by atoms with van der Waals surface area (Å²) in [7, 11) is -1.77. The Balaban J connectivity index is 1.91. The average molecular weight is 370 g/mol. The summed E-state index contributed by atoms with van der Waals surface area (Å²) in [6.07, 6.45) is 1.80. The first-order valence-electron chi connectivity index (χ1n) is 8.51. The van der Waals surface area contributed by atoms with Crippen molar-refractivity contribution in [1.29, 1.82) is 0 Å². The maximum Gasteiger partial charge on any atom is 0.281 e. The number of non-ortho nitro benzene ring substituents is 1. The van der Waals surface area contributed by atoms with Gasteiger partial charge in [-0.15, -0.1) is 0 Å². The molecule has 1 heterocycles. The lowest BCUT2D eigenvalue weighted by molar-refractivity contribution is -0.384. The van der Waals surface area contributed by atoms with Crippen molar-refractivity contribution in [3.63, 3.8) is 0 Å². The van der Waals surface area contributed by atoms with Gasteiger partial charge >= 0.3 is 0 Å². The third-order valence-corrected chi connectivity index (χ3v) is 6.39. The molecule has 25 heavy (non-hydrogen) atoms. The van der Waals surface area contributed by atoms with Gasteiger partial charge in [0, 0.05) is 58.4 Å². The fourth-order valence-electron chi connectivity index (χ4n) is 2.84. The lowest BCUT2D eigenvalue weighted by Gasteiger charge is -2.35. The van der Waals surface area contributed by atoms with Crippen molar-refractivity contribution in [2.75, 3.05) is 39.8 Å². The molecule has 0 radical (unpaired) electrons. The van der Waals surface area contributed by atoms with Crippen LogP contribution in [0, 0.1) is 10.1 Å². The molecule has 1 fully saturated rings. The molecule has 2 rings (SSSR count). The van der Waals surface area contributed by atoms with Gasteiger partial charge in [-0.1, -0.05) is 25.5 Å². The van der Waals surface area contributed by atoms with E-state index < -0.39 is 15.1 Å². The zero-order valence-electron chi connectivity index (χ0n) is 14.8. The lowest BCUT2D eigenvalue weighted by atomic mass is 10.2. The van der Waals surface area contributed by atoms with Crippen molar-refractivity contribution in [3.8, 4) is 0 Å². The summed E-state index contributed by atoms with van der Waals surface area (Å²) in [5.74, 6) is 0. The highest BCUT2D eigenvalue weighted by Crippen LogP contribution is 2.17. The summed E-state index contributed by atoms with van der Waals surface area (Å²) >= 11 is 0. The van der Waals surface area contributed by atoms with Crippen molar-refractivity contribution < 1.29 is 13.3 Å². The Bertz CT molecular complexity index is 687. The molecule has 1 aliphatic rings. The van der Waals surface area contributed by atoms with Crippen LogP contribution in [0.2, 0.25) is 0 Å². The van der Waals surface area contributed by atoms with Crippen LogP contribution in [0.5, 0.6) is 0 Å². The maximum absolute atomic E-state index is 12.5. The molecule has 0 unspecified atom stereocenters. The molecule has 0 bridgehead atoms. The van der Waals surface area contributed by atoms with Crippen LogP contribution >= 0.6 is 0 Å². The number of piperazine rings is 1. The summed E-state index contributed by atoms with van der Waals surface area (Å²) < 4.78 is 28.0. The third-order valence-electron chi connectivity index (χ3n) is 4.41. The summed E-state index contributed by atoms with van der Waals surface area (Å²) in [4.78, 5) is 12.6. The highest BCUT2D eigenvalue weighted by Gasteiger charge is 2.30. The number of rotatable bonds is 8. The van der Waals surface area contributed by atoms with Gasteiger partial charge in [-0.25, -0.2) is 0 Å². The minimum atomic E-state index is -3.40. The van der Waals surface area contributed by atoms with Crippen LogP contribution in [0.25, 0.3) is 0 Å². The van der Waals surface area contributed by atoms with Crippen LogP contribution in [0.4, 0.5) is 5.69 Å². The van der Waals surface area contributed by atoms with Crippen LogP contribution in [0.3, 0.4) is 0 Å². The van der Waals surface area contributed by atoms with Crippen LogP contribution in [0.1, 0.15) is 25.3 Å². The zero-order chi connectivity index (χ0) is 18.4. The van der Waals surface area contributed by atoms with Crippen LogP contribution in [-0.2, 0) is 16.8 Å². The fourth-order valence-corrected chi connectivity index (χ4v) is 4.22. The molecule has 1 saturated heterocycles. The second kappa shape index (κ2) is 8.70. The first-order chi connectivity index (χ1) is 11.8. The number of nitro groups is 1. The van der Waals surface area contributed by atoms with Crippen molar-refractivity contribution in [2.45, 2.75) is 26.3 Å². The monoisotopic (exact) mass is 370 g/mol. The number of nitro benzene ring substituents is 1. The number of hydrogen-bond acceptors (Lipinski definition) is 5. The molecule has 0 amide bonds. The lowest BCUT2D eigenvalue weighted by Crippen LogP contribution is -2.52. The summed E-state index contributed by atoms with van der Waals surface area (Å²) in [6.45, 7) is 5.26. The van der Waals surface area contributed by atoms with Crippen molar-refractivity contribution in [1.82, 2.24) is 13.5 Å². The summed E-state index contributed by atoms with van der Waals surface area (Å²) in [5, 5.41) is 10.9. The molecule has 0 aromatic heterocycles. The van der Waals surface area contributed by atoms with E-state index in [1.807, 2.05) is 13.0 Å². The van der Waals surface area contributed by atoms with E-state index in [2.05, 4.69) is 4.90 Å².